The van der Waals surface area contributed by atoms with Crippen LogP contribution in [0.15, 0.2) is 15.8 Å². The quantitative estimate of drug-likeness (QED) is 0.630. The van der Waals surface area contributed by atoms with E-state index in [4.69, 9.17) is 21.4 Å². The zero-order valence-electron chi connectivity index (χ0n) is 8.92. The molecule has 3 N–H and O–H groups in total. The maximum atomic E-state index is 13.7. The molecule has 1 aromatic rings. The molecule has 0 saturated carbocycles. The molecule has 2 rings (SSSR count). The molecule has 0 spiro atoms. The van der Waals surface area contributed by atoms with Crippen LogP contribution < -0.4 is 11.2 Å². The lowest BCUT2D eigenvalue weighted by atomic mass is 10.1. The van der Waals surface area contributed by atoms with Crippen LogP contribution in [0.3, 0.4) is 0 Å². The second-order valence-corrected chi connectivity index (χ2v) is 4.23. The number of H-pyrrole nitrogens is 1. The highest BCUT2D eigenvalue weighted by atomic mass is 35.5. The van der Waals surface area contributed by atoms with Gasteiger partial charge >= 0.3 is 5.69 Å². The van der Waals surface area contributed by atoms with Crippen LogP contribution in [0.4, 0.5) is 4.39 Å². The van der Waals surface area contributed by atoms with E-state index in [0.717, 1.165) is 10.8 Å². The molecule has 0 amide bonds. The normalized spacial score (nSPS) is 31.8. The zero-order chi connectivity index (χ0) is 13.4. The number of aromatic nitrogens is 2. The van der Waals surface area contributed by atoms with Gasteiger partial charge in [-0.15, -0.1) is 0 Å². The van der Waals surface area contributed by atoms with Gasteiger partial charge in [0.1, 0.15) is 17.2 Å². The fourth-order valence-electron chi connectivity index (χ4n) is 1.73. The molecule has 7 nitrogen and oxygen atoms in total. The molecule has 1 fully saturated rings. The molecule has 0 unspecified atom stereocenters. The topological polar surface area (TPSA) is 105 Å². The van der Waals surface area contributed by atoms with Crippen molar-refractivity contribution in [2.75, 3.05) is 6.61 Å². The molecule has 0 aliphatic carbocycles. The number of hydrogen-bond acceptors (Lipinski definition) is 5. The van der Waals surface area contributed by atoms with Gasteiger partial charge in [0.25, 0.3) is 5.56 Å². The number of aliphatic hydroxyl groups excluding tert-OH is 2. The first-order valence-electron chi connectivity index (χ1n) is 5.05. The van der Waals surface area contributed by atoms with Crippen LogP contribution in [0.5, 0.6) is 0 Å². The molecular formula is C9H10ClFN2O5. The third-order valence-electron chi connectivity index (χ3n) is 2.67. The van der Waals surface area contributed by atoms with E-state index in [1.54, 1.807) is 0 Å². The summed E-state index contributed by atoms with van der Waals surface area (Å²) in [6.45, 7) is -0.593. The summed E-state index contributed by atoms with van der Waals surface area (Å²) in [6.07, 6.45) is -5.13. The molecule has 1 aromatic heterocycles. The third-order valence-corrected chi connectivity index (χ3v) is 2.94. The second kappa shape index (κ2) is 4.81. The average molecular weight is 281 g/mol. The summed E-state index contributed by atoms with van der Waals surface area (Å²) >= 11 is 5.53. The van der Waals surface area contributed by atoms with Gasteiger partial charge in [0.05, 0.1) is 6.61 Å². The van der Waals surface area contributed by atoms with Crippen LogP contribution in [0, 0.1) is 0 Å². The number of aliphatic hydroxyl groups is 2. The lowest BCUT2D eigenvalue weighted by molar-refractivity contribution is -0.0491. The first-order valence-corrected chi connectivity index (χ1v) is 5.43. The number of nitrogens with zero attached hydrogens (tertiary/aromatic N) is 1. The number of alkyl halides is 1. The average Bonchev–Trinajstić information content (AvgIpc) is 2.61. The van der Waals surface area contributed by atoms with Gasteiger partial charge in [0, 0.05) is 6.20 Å². The van der Waals surface area contributed by atoms with E-state index in [9.17, 15) is 19.1 Å². The summed E-state index contributed by atoms with van der Waals surface area (Å²) in [4.78, 5) is 24.4. The van der Waals surface area contributed by atoms with Crippen molar-refractivity contribution in [3.8, 4) is 0 Å². The van der Waals surface area contributed by atoms with Crippen LogP contribution in [0.2, 0.25) is 5.02 Å². The molecule has 0 aromatic carbocycles. The van der Waals surface area contributed by atoms with Crippen LogP contribution in [0.25, 0.3) is 0 Å². The van der Waals surface area contributed by atoms with Crippen molar-refractivity contribution in [3.63, 3.8) is 0 Å². The van der Waals surface area contributed by atoms with E-state index >= 15 is 0 Å². The lowest BCUT2D eigenvalue weighted by Gasteiger charge is -2.15. The Bertz CT molecular complexity index is 559. The largest absolute Gasteiger partial charge is 0.394 e. The Morgan fingerprint density at radius 2 is 2.22 bits per heavy atom. The Balaban J connectivity index is 2.42. The monoisotopic (exact) mass is 280 g/mol. The Morgan fingerprint density at radius 3 is 2.78 bits per heavy atom. The van der Waals surface area contributed by atoms with Gasteiger partial charge in [0.2, 0.25) is 0 Å². The summed E-state index contributed by atoms with van der Waals surface area (Å²) in [7, 11) is 0. The van der Waals surface area contributed by atoms with E-state index in [1.165, 1.54) is 0 Å². The zero-order valence-corrected chi connectivity index (χ0v) is 9.67. The molecule has 4 atom stereocenters. The Labute approximate surface area is 104 Å². The van der Waals surface area contributed by atoms with Crippen molar-refractivity contribution in [2.45, 2.75) is 24.6 Å². The van der Waals surface area contributed by atoms with Crippen molar-refractivity contribution >= 4 is 11.6 Å². The number of halogens is 2. The number of rotatable bonds is 2. The maximum Gasteiger partial charge on any atom is 0.330 e. The van der Waals surface area contributed by atoms with Gasteiger partial charge in [-0.2, -0.15) is 0 Å². The van der Waals surface area contributed by atoms with E-state index in [2.05, 4.69) is 0 Å². The highest BCUT2D eigenvalue weighted by molar-refractivity contribution is 6.30. The molecule has 1 aliphatic heterocycles. The highest BCUT2D eigenvalue weighted by Gasteiger charge is 2.45. The van der Waals surface area contributed by atoms with Crippen LogP contribution >= 0.6 is 11.6 Å². The van der Waals surface area contributed by atoms with Crippen LogP contribution in [-0.4, -0.2) is 44.8 Å². The minimum atomic E-state index is -1.91. The smallest absolute Gasteiger partial charge is 0.330 e. The number of hydrogen-bond donors (Lipinski definition) is 3. The number of aromatic amines is 1. The fourth-order valence-corrected chi connectivity index (χ4v) is 1.88. The molecule has 9 heteroatoms. The summed E-state index contributed by atoms with van der Waals surface area (Å²) in [5, 5.41) is 18.0. The van der Waals surface area contributed by atoms with Crippen LogP contribution in [0.1, 0.15) is 6.23 Å². The lowest BCUT2D eigenvalue weighted by Crippen LogP contribution is -2.36. The van der Waals surface area contributed by atoms with Crippen LogP contribution in [-0.2, 0) is 4.74 Å². The van der Waals surface area contributed by atoms with Crippen molar-refractivity contribution in [1.82, 2.24) is 9.55 Å². The summed E-state index contributed by atoms with van der Waals surface area (Å²) in [5.74, 6) is 0. The second-order valence-electron chi connectivity index (χ2n) is 3.83. The highest BCUT2D eigenvalue weighted by Crippen LogP contribution is 2.30. The number of ether oxygens (including phenoxy) is 1. The Morgan fingerprint density at radius 1 is 1.56 bits per heavy atom. The third kappa shape index (κ3) is 2.07. The van der Waals surface area contributed by atoms with E-state index in [1.807, 2.05) is 4.98 Å². The van der Waals surface area contributed by atoms with Gasteiger partial charge in [-0.25, -0.2) is 9.18 Å². The molecular weight excluding hydrogens is 271 g/mol. The molecule has 1 aliphatic rings. The molecule has 1 saturated heterocycles. The van der Waals surface area contributed by atoms with Gasteiger partial charge in [-0.05, 0) is 0 Å². The van der Waals surface area contributed by atoms with Gasteiger partial charge in [-0.3, -0.25) is 14.3 Å². The van der Waals surface area contributed by atoms with Gasteiger partial charge < -0.3 is 14.9 Å². The van der Waals surface area contributed by atoms with Crippen molar-refractivity contribution in [3.05, 3.63) is 32.1 Å². The fraction of sp³-hybridized carbons (Fsp3) is 0.556. The minimum Gasteiger partial charge on any atom is -0.394 e. The SMILES string of the molecule is O=c1[nH]c(=O)n([C@H]2O[C@H](CO)[C@@H](O)[C@@H]2F)cc1Cl. The van der Waals surface area contributed by atoms with Crippen molar-refractivity contribution in [1.29, 1.82) is 0 Å². The summed E-state index contributed by atoms with van der Waals surface area (Å²) < 4.78 is 19.5. The first kappa shape index (κ1) is 13.2. The van der Waals surface area contributed by atoms with Gasteiger partial charge in [-0.1, -0.05) is 11.6 Å². The molecule has 0 bridgehead atoms. The minimum absolute atomic E-state index is 0.313. The Hall–Kier alpha value is -1.22. The maximum absolute atomic E-state index is 13.7. The van der Waals surface area contributed by atoms with E-state index < -0.39 is 42.5 Å². The molecule has 0 radical (unpaired) electrons. The standard InChI is InChI=1S/C9H10ClFN2O5/c10-3-1-13(9(17)12-7(3)16)8-5(11)6(15)4(2-14)18-8/h1,4-6,8,14-15H,2H2,(H,12,16,17)/t4-,5+,6-,8+/m1/s1. The first-order chi connectivity index (χ1) is 8.45. The Kier molecular flexibility index (Phi) is 3.53. The molecule has 18 heavy (non-hydrogen) atoms. The predicted molar refractivity (Wildman–Crippen MR) is 58.2 cm³/mol. The van der Waals surface area contributed by atoms with E-state index in [0.29, 0.717) is 0 Å². The van der Waals surface area contributed by atoms with E-state index in [-0.39, 0.29) is 5.02 Å². The number of nitrogens with one attached hydrogen (secondary N) is 1. The predicted octanol–water partition coefficient (Wildman–Crippen LogP) is -1.22. The molecule has 2 heterocycles. The molecule has 100 valence electrons. The van der Waals surface area contributed by atoms with Crippen molar-refractivity contribution in [2.24, 2.45) is 0 Å². The summed E-state index contributed by atoms with van der Waals surface area (Å²) in [5.41, 5.74) is -1.71. The van der Waals surface area contributed by atoms with Gasteiger partial charge in [0.15, 0.2) is 12.4 Å². The van der Waals surface area contributed by atoms with Crippen molar-refractivity contribution < 1.29 is 19.3 Å². The summed E-state index contributed by atoms with van der Waals surface area (Å²) in [6, 6.07) is 0.